The Bertz CT molecular complexity index is 567. The average molecular weight is 471 g/mol. The van der Waals surface area contributed by atoms with E-state index in [4.69, 9.17) is 27.9 Å². The quantitative estimate of drug-likeness (QED) is 0.268. The number of halogens is 2. The second-order valence-electron chi connectivity index (χ2n) is 7.50. The lowest BCUT2D eigenvalue weighted by molar-refractivity contribution is -0.204. The van der Waals surface area contributed by atoms with Crippen molar-refractivity contribution in [2.45, 2.75) is 85.8 Å². The molecule has 1 saturated heterocycles. The monoisotopic (exact) mass is 470 g/mol. The first-order valence-electron chi connectivity index (χ1n) is 10.0. The van der Waals surface area contributed by atoms with Crippen LogP contribution in [0, 0.1) is 0 Å². The first-order valence-corrected chi connectivity index (χ1v) is 12.2. The molecule has 2 aliphatic rings. The SMILES string of the molecule is CCCCC1=CC[C@@H](C(=O)N[C@H](C(Cl)Cl)[C@H]2O[C@@H](SC)[C@@H](O)[C@@H](O)[C@H]2O)NCC1. The molecule has 0 aliphatic carbocycles. The van der Waals surface area contributed by atoms with Crippen LogP contribution in [-0.4, -0.2) is 80.8 Å². The minimum atomic E-state index is -1.44. The van der Waals surface area contributed by atoms with Crippen molar-refractivity contribution in [2.75, 3.05) is 12.8 Å². The Morgan fingerprint density at radius 3 is 2.69 bits per heavy atom. The van der Waals surface area contributed by atoms with Gasteiger partial charge in [0.2, 0.25) is 5.91 Å². The van der Waals surface area contributed by atoms with Crippen LogP contribution >= 0.6 is 35.0 Å². The molecule has 168 valence electrons. The molecule has 7 nitrogen and oxygen atoms in total. The van der Waals surface area contributed by atoms with E-state index in [1.165, 1.54) is 17.3 Å². The Kier molecular flexibility index (Phi) is 10.5. The molecule has 5 N–H and O–H groups in total. The molecule has 0 unspecified atom stereocenters. The van der Waals surface area contributed by atoms with Gasteiger partial charge in [-0.3, -0.25) is 4.79 Å². The lowest BCUT2D eigenvalue weighted by Crippen LogP contribution is -2.65. The van der Waals surface area contributed by atoms with Crippen LogP contribution in [0.1, 0.15) is 39.0 Å². The number of carbonyl (C=O) groups is 1. The summed E-state index contributed by atoms with van der Waals surface area (Å²) in [7, 11) is 0. The highest BCUT2D eigenvalue weighted by atomic mass is 35.5. The van der Waals surface area contributed by atoms with E-state index >= 15 is 0 Å². The van der Waals surface area contributed by atoms with Crippen LogP contribution in [0.2, 0.25) is 0 Å². The molecule has 0 aromatic rings. The number of thioether (sulfide) groups is 1. The van der Waals surface area contributed by atoms with Crippen molar-refractivity contribution in [1.29, 1.82) is 0 Å². The summed E-state index contributed by atoms with van der Waals surface area (Å²) in [5, 5.41) is 36.6. The fraction of sp³-hybridized carbons (Fsp3) is 0.842. The number of alkyl halides is 2. The summed E-state index contributed by atoms with van der Waals surface area (Å²) in [6.07, 6.45) is 3.39. The number of carbonyl (C=O) groups excluding carboxylic acids is 1. The van der Waals surface area contributed by atoms with Gasteiger partial charge in [0, 0.05) is 0 Å². The Labute approximate surface area is 186 Å². The maximum absolute atomic E-state index is 12.9. The van der Waals surface area contributed by atoms with Crippen LogP contribution in [0.3, 0.4) is 0 Å². The number of nitrogens with one attached hydrogen (secondary N) is 2. The first kappa shape index (κ1) is 25.2. The molecule has 2 rings (SSSR count). The van der Waals surface area contributed by atoms with E-state index in [1.54, 1.807) is 6.26 Å². The van der Waals surface area contributed by atoms with Gasteiger partial charge in [0.15, 0.2) is 0 Å². The van der Waals surface area contributed by atoms with Gasteiger partial charge in [-0.2, -0.15) is 0 Å². The molecular formula is C19H32Cl2N2O5S. The Morgan fingerprint density at radius 1 is 1.34 bits per heavy atom. The summed E-state index contributed by atoms with van der Waals surface area (Å²) in [5.41, 5.74) is 0.578. The molecule has 0 radical (unpaired) electrons. The topological polar surface area (TPSA) is 111 Å². The van der Waals surface area contributed by atoms with E-state index in [1.807, 2.05) is 0 Å². The number of aliphatic hydroxyl groups is 3. The second kappa shape index (κ2) is 12.1. The predicted molar refractivity (Wildman–Crippen MR) is 116 cm³/mol. The van der Waals surface area contributed by atoms with Crippen molar-refractivity contribution in [1.82, 2.24) is 10.6 Å². The molecule has 1 amide bonds. The van der Waals surface area contributed by atoms with Gasteiger partial charge in [-0.25, -0.2) is 0 Å². The van der Waals surface area contributed by atoms with Crippen molar-refractivity contribution in [3.8, 4) is 0 Å². The molecule has 0 bridgehead atoms. The zero-order valence-electron chi connectivity index (χ0n) is 16.8. The Morgan fingerprint density at radius 2 is 2.07 bits per heavy atom. The molecular weight excluding hydrogens is 439 g/mol. The normalized spacial score (nSPS) is 34.4. The molecule has 0 aromatic carbocycles. The maximum atomic E-state index is 12.9. The molecule has 29 heavy (non-hydrogen) atoms. The molecule has 10 heteroatoms. The van der Waals surface area contributed by atoms with Crippen LogP contribution in [0.15, 0.2) is 11.6 Å². The van der Waals surface area contributed by atoms with Crippen molar-refractivity contribution in [2.24, 2.45) is 0 Å². The van der Waals surface area contributed by atoms with Crippen molar-refractivity contribution in [3.05, 3.63) is 11.6 Å². The highest BCUT2D eigenvalue weighted by molar-refractivity contribution is 7.99. The zero-order chi connectivity index (χ0) is 21.6. The fourth-order valence-electron chi connectivity index (χ4n) is 3.63. The van der Waals surface area contributed by atoms with Gasteiger partial charge in [-0.1, -0.05) is 25.0 Å². The summed E-state index contributed by atoms with van der Waals surface area (Å²) in [4.78, 5) is 11.8. The maximum Gasteiger partial charge on any atom is 0.237 e. The van der Waals surface area contributed by atoms with E-state index in [2.05, 4.69) is 23.6 Å². The van der Waals surface area contributed by atoms with Gasteiger partial charge in [-0.15, -0.1) is 35.0 Å². The average Bonchev–Trinajstić information content (AvgIpc) is 2.95. The predicted octanol–water partition coefficient (Wildman–Crippen LogP) is 1.31. The summed E-state index contributed by atoms with van der Waals surface area (Å²) in [6.45, 7) is 2.85. The molecule has 2 aliphatic heterocycles. The Hall–Kier alpha value is -0.0600. The van der Waals surface area contributed by atoms with Crippen LogP contribution in [0.5, 0.6) is 0 Å². The minimum Gasteiger partial charge on any atom is -0.388 e. The third-order valence-corrected chi connectivity index (χ3v) is 6.82. The van der Waals surface area contributed by atoms with Gasteiger partial charge in [-0.05, 0) is 38.5 Å². The molecule has 1 fully saturated rings. The Balaban J connectivity index is 2.06. The van der Waals surface area contributed by atoms with Crippen LogP contribution in [0.4, 0.5) is 0 Å². The van der Waals surface area contributed by atoms with E-state index in [9.17, 15) is 20.1 Å². The van der Waals surface area contributed by atoms with Gasteiger partial charge < -0.3 is 30.7 Å². The van der Waals surface area contributed by atoms with Crippen molar-refractivity contribution in [3.63, 3.8) is 0 Å². The lowest BCUT2D eigenvalue weighted by Gasteiger charge is -2.43. The number of rotatable bonds is 8. The van der Waals surface area contributed by atoms with Crippen LogP contribution < -0.4 is 10.6 Å². The van der Waals surface area contributed by atoms with Gasteiger partial charge in [0.05, 0.1) is 12.1 Å². The van der Waals surface area contributed by atoms with E-state index in [0.717, 1.165) is 25.7 Å². The zero-order valence-corrected chi connectivity index (χ0v) is 19.1. The molecule has 0 spiro atoms. The van der Waals surface area contributed by atoms with E-state index < -0.39 is 46.8 Å². The standard InChI is InChI=1S/C19H32Cl2N2O5S/c1-3-4-5-10-6-7-11(22-9-8-10)18(27)23-12(17(20)21)16-14(25)13(24)15(26)19(28-16)29-2/h6,11-17,19,22,24-26H,3-5,7-9H2,1-2H3,(H,23,27)/t11-,12-,13-,14+,15-,16+,19-/m0/s1. The molecule has 0 aromatic heterocycles. The molecule has 2 heterocycles. The second-order valence-corrected chi connectivity index (χ2v) is 9.60. The van der Waals surface area contributed by atoms with E-state index in [0.29, 0.717) is 13.0 Å². The minimum absolute atomic E-state index is 0.300. The first-order chi connectivity index (χ1) is 13.8. The highest BCUT2D eigenvalue weighted by Crippen LogP contribution is 2.31. The number of hydrogen-bond acceptors (Lipinski definition) is 7. The number of amides is 1. The highest BCUT2D eigenvalue weighted by Gasteiger charge is 2.48. The third kappa shape index (κ3) is 6.71. The largest absolute Gasteiger partial charge is 0.388 e. The van der Waals surface area contributed by atoms with Gasteiger partial charge in [0.25, 0.3) is 0 Å². The lowest BCUT2D eigenvalue weighted by atomic mass is 9.95. The number of hydrogen-bond donors (Lipinski definition) is 5. The fourth-order valence-corrected chi connectivity index (χ4v) is 4.72. The van der Waals surface area contributed by atoms with Crippen LogP contribution in [0.25, 0.3) is 0 Å². The summed E-state index contributed by atoms with van der Waals surface area (Å²) in [6, 6.07) is -1.40. The molecule has 0 saturated carbocycles. The van der Waals surface area contributed by atoms with Crippen molar-refractivity contribution >= 4 is 40.9 Å². The summed E-state index contributed by atoms with van der Waals surface area (Å²) < 4.78 is 5.72. The summed E-state index contributed by atoms with van der Waals surface area (Å²) >= 11 is 13.4. The van der Waals surface area contributed by atoms with E-state index in [-0.39, 0.29) is 5.91 Å². The van der Waals surface area contributed by atoms with Crippen LogP contribution in [-0.2, 0) is 9.53 Å². The summed E-state index contributed by atoms with van der Waals surface area (Å²) in [5.74, 6) is -0.300. The number of unbranched alkanes of at least 4 members (excludes halogenated alkanes) is 1. The van der Waals surface area contributed by atoms with Gasteiger partial charge in [0.1, 0.15) is 34.7 Å². The third-order valence-electron chi connectivity index (χ3n) is 5.42. The number of aliphatic hydroxyl groups excluding tert-OH is 3. The molecule has 7 atom stereocenters. The van der Waals surface area contributed by atoms with Gasteiger partial charge >= 0.3 is 0 Å². The smallest absolute Gasteiger partial charge is 0.237 e. The van der Waals surface area contributed by atoms with Crippen molar-refractivity contribution < 1.29 is 24.9 Å². The number of ether oxygens (including phenoxy) is 1.